The number of H-pyrrole nitrogens is 1. The molecule has 0 aliphatic carbocycles. The largest absolute Gasteiger partial charge is 0.375 e. The Labute approximate surface area is 76.5 Å². The fraction of sp³-hybridized carbons (Fsp3) is 0.500. The molecule has 5 heteroatoms. The van der Waals surface area contributed by atoms with Crippen LogP contribution in [0.1, 0.15) is 12.5 Å². The number of aromatic amines is 1. The zero-order chi connectivity index (χ0) is 9.68. The van der Waals surface area contributed by atoms with Gasteiger partial charge >= 0.3 is 0 Å². The molecule has 0 spiro atoms. The molecule has 0 saturated heterocycles. The van der Waals surface area contributed by atoms with Gasteiger partial charge in [-0.1, -0.05) is 6.92 Å². The number of aromatic nitrogens is 2. The van der Waals surface area contributed by atoms with E-state index in [1.54, 1.807) is 6.20 Å². The van der Waals surface area contributed by atoms with Gasteiger partial charge in [0.1, 0.15) is 12.4 Å². The van der Waals surface area contributed by atoms with Crippen molar-refractivity contribution in [3.05, 3.63) is 11.8 Å². The minimum atomic E-state index is -0.179. The topological polar surface area (TPSA) is 67.0 Å². The second-order valence-corrected chi connectivity index (χ2v) is 2.60. The zero-order valence-corrected chi connectivity index (χ0v) is 7.76. The van der Waals surface area contributed by atoms with Gasteiger partial charge in [0, 0.05) is 12.7 Å². The molecule has 0 saturated carbocycles. The smallest absolute Gasteiger partial charge is 0.251 e. The SMILES string of the molecule is CCc1cn[nH]c1NC(=O)COC. The number of amides is 1. The Hall–Kier alpha value is -1.36. The standard InChI is InChI=1S/C8H13N3O2/c1-3-6-4-9-11-8(6)10-7(12)5-13-2/h4H,3,5H2,1-2H3,(H2,9,10,11,12). The van der Waals surface area contributed by atoms with E-state index in [4.69, 9.17) is 0 Å². The maximum absolute atomic E-state index is 11.1. The van der Waals surface area contributed by atoms with Gasteiger partial charge in [0.25, 0.3) is 5.91 Å². The molecule has 5 nitrogen and oxygen atoms in total. The highest BCUT2D eigenvalue weighted by Gasteiger charge is 2.06. The van der Waals surface area contributed by atoms with Crippen LogP contribution in [-0.4, -0.2) is 29.8 Å². The average Bonchev–Trinajstić information content (AvgIpc) is 2.52. The summed E-state index contributed by atoms with van der Waals surface area (Å²) in [5, 5.41) is 9.19. The van der Waals surface area contributed by atoms with E-state index in [-0.39, 0.29) is 12.5 Å². The van der Waals surface area contributed by atoms with Crippen molar-refractivity contribution in [3.63, 3.8) is 0 Å². The number of rotatable bonds is 4. The van der Waals surface area contributed by atoms with Crippen molar-refractivity contribution < 1.29 is 9.53 Å². The molecule has 0 fully saturated rings. The number of hydrogen-bond donors (Lipinski definition) is 2. The predicted octanol–water partition coefficient (Wildman–Crippen LogP) is 0.557. The van der Waals surface area contributed by atoms with Crippen LogP contribution in [0.15, 0.2) is 6.20 Å². The van der Waals surface area contributed by atoms with Crippen LogP contribution in [0.25, 0.3) is 0 Å². The van der Waals surface area contributed by atoms with Gasteiger partial charge in [-0.2, -0.15) is 5.10 Å². The van der Waals surface area contributed by atoms with Crippen LogP contribution < -0.4 is 5.32 Å². The van der Waals surface area contributed by atoms with Gasteiger partial charge < -0.3 is 10.1 Å². The summed E-state index contributed by atoms with van der Waals surface area (Å²) in [4.78, 5) is 11.1. The number of nitrogens with zero attached hydrogens (tertiary/aromatic N) is 1. The van der Waals surface area contributed by atoms with Gasteiger partial charge in [0.2, 0.25) is 0 Å². The van der Waals surface area contributed by atoms with E-state index in [2.05, 4.69) is 20.3 Å². The number of methoxy groups -OCH3 is 1. The highest BCUT2D eigenvalue weighted by molar-refractivity contribution is 5.91. The van der Waals surface area contributed by atoms with Gasteiger partial charge in [0.05, 0.1) is 6.20 Å². The lowest BCUT2D eigenvalue weighted by molar-refractivity contribution is -0.119. The van der Waals surface area contributed by atoms with Crippen LogP contribution in [0.2, 0.25) is 0 Å². The van der Waals surface area contributed by atoms with E-state index in [9.17, 15) is 4.79 Å². The molecule has 0 aliphatic rings. The Kier molecular flexibility index (Phi) is 3.45. The fourth-order valence-electron chi connectivity index (χ4n) is 0.994. The zero-order valence-electron chi connectivity index (χ0n) is 7.76. The van der Waals surface area contributed by atoms with Gasteiger partial charge in [-0.15, -0.1) is 0 Å². The summed E-state index contributed by atoms with van der Waals surface area (Å²) in [6.07, 6.45) is 2.53. The second kappa shape index (κ2) is 4.61. The first-order valence-electron chi connectivity index (χ1n) is 4.09. The number of anilines is 1. The maximum Gasteiger partial charge on any atom is 0.251 e. The first-order valence-corrected chi connectivity index (χ1v) is 4.09. The molecule has 1 amide bonds. The molecule has 0 aliphatic heterocycles. The number of ether oxygens (including phenoxy) is 1. The van der Waals surface area contributed by atoms with Gasteiger partial charge in [-0.05, 0) is 6.42 Å². The Morgan fingerprint density at radius 1 is 1.77 bits per heavy atom. The van der Waals surface area contributed by atoms with Crippen molar-refractivity contribution in [2.45, 2.75) is 13.3 Å². The van der Waals surface area contributed by atoms with Crippen molar-refractivity contribution in [2.24, 2.45) is 0 Å². The van der Waals surface area contributed by atoms with Crippen LogP contribution in [0.4, 0.5) is 5.82 Å². The van der Waals surface area contributed by atoms with Gasteiger partial charge in [-0.3, -0.25) is 9.89 Å². The number of carbonyl (C=O) groups is 1. The first-order chi connectivity index (χ1) is 6.27. The number of hydrogen-bond acceptors (Lipinski definition) is 3. The molecule has 0 atom stereocenters. The summed E-state index contributed by atoms with van der Waals surface area (Å²) < 4.78 is 4.68. The molecule has 1 aromatic heterocycles. The Morgan fingerprint density at radius 2 is 2.54 bits per heavy atom. The number of nitrogens with one attached hydrogen (secondary N) is 2. The Bertz CT molecular complexity index is 283. The van der Waals surface area contributed by atoms with E-state index in [1.165, 1.54) is 7.11 Å². The third kappa shape index (κ3) is 2.55. The predicted molar refractivity (Wildman–Crippen MR) is 48.5 cm³/mol. The van der Waals surface area contributed by atoms with Crippen LogP contribution >= 0.6 is 0 Å². The summed E-state index contributed by atoms with van der Waals surface area (Å²) >= 11 is 0. The van der Waals surface area contributed by atoms with Crippen molar-refractivity contribution >= 4 is 11.7 Å². The number of carbonyl (C=O) groups excluding carboxylic acids is 1. The van der Waals surface area contributed by atoms with Crippen LogP contribution in [-0.2, 0) is 16.0 Å². The minimum Gasteiger partial charge on any atom is -0.375 e. The summed E-state index contributed by atoms with van der Waals surface area (Å²) in [6, 6.07) is 0. The Morgan fingerprint density at radius 3 is 3.15 bits per heavy atom. The number of aryl methyl sites for hydroxylation is 1. The van der Waals surface area contributed by atoms with Crippen LogP contribution in [0.3, 0.4) is 0 Å². The maximum atomic E-state index is 11.1. The van der Waals surface area contributed by atoms with E-state index >= 15 is 0 Å². The molecule has 1 heterocycles. The lowest BCUT2D eigenvalue weighted by atomic mass is 10.2. The van der Waals surface area contributed by atoms with E-state index in [0.29, 0.717) is 5.82 Å². The minimum absolute atomic E-state index is 0.0577. The molecule has 72 valence electrons. The van der Waals surface area contributed by atoms with Crippen LogP contribution in [0.5, 0.6) is 0 Å². The van der Waals surface area contributed by atoms with E-state index in [0.717, 1.165) is 12.0 Å². The lowest BCUT2D eigenvalue weighted by Gasteiger charge is -2.02. The third-order valence-corrected chi connectivity index (χ3v) is 1.64. The van der Waals surface area contributed by atoms with E-state index in [1.807, 2.05) is 6.92 Å². The quantitative estimate of drug-likeness (QED) is 0.716. The molecule has 1 aromatic rings. The fourth-order valence-corrected chi connectivity index (χ4v) is 0.994. The normalized spacial score (nSPS) is 10.0. The van der Waals surface area contributed by atoms with Crippen molar-refractivity contribution in [2.75, 3.05) is 19.0 Å². The molecule has 1 rings (SSSR count). The summed E-state index contributed by atoms with van der Waals surface area (Å²) in [5.74, 6) is 0.478. The molecular formula is C8H13N3O2. The average molecular weight is 183 g/mol. The summed E-state index contributed by atoms with van der Waals surface area (Å²) in [6.45, 7) is 2.05. The molecule has 2 N–H and O–H groups in total. The van der Waals surface area contributed by atoms with Gasteiger partial charge in [0.15, 0.2) is 0 Å². The van der Waals surface area contributed by atoms with Gasteiger partial charge in [-0.25, -0.2) is 0 Å². The Balaban J connectivity index is 2.57. The lowest BCUT2D eigenvalue weighted by Crippen LogP contribution is -2.18. The van der Waals surface area contributed by atoms with E-state index < -0.39 is 0 Å². The molecule has 0 radical (unpaired) electrons. The molecule has 0 bridgehead atoms. The van der Waals surface area contributed by atoms with Crippen LogP contribution in [0, 0.1) is 0 Å². The summed E-state index contributed by atoms with van der Waals surface area (Å²) in [5.41, 5.74) is 0.990. The monoisotopic (exact) mass is 183 g/mol. The molecule has 0 aromatic carbocycles. The molecule has 0 unspecified atom stereocenters. The molecular weight excluding hydrogens is 170 g/mol. The van der Waals surface area contributed by atoms with Crippen molar-refractivity contribution in [3.8, 4) is 0 Å². The third-order valence-electron chi connectivity index (χ3n) is 1.64. The van der Waals surface area contributed by atoms with Crippen molar-refractivity contribution in [1.29, 1.82) is 0 Å². The summed E-state index contributed by atoms with van der Waals surface area (Å²) in [7, 11) is 1.48. The first kappa shape index (κ1) is 9.73. The highest BCUT2D eigenvalue weighted by Crippen LogP contribution is 2.10. The highest BCUT2D eigenvalue weighted by atomic mass is 16.5. The second-order valence-electron chi connectivity index (χ2n) is 2.60. The molecule has 13 heavy (non-hydrogen) atoms. The van der Waals surface area contributed by atoms with Crippen molar-refractivity contribution in [1.82, 2.24) is 10.2 Å².